The molecule has 1 aromatic carbocycles. The lowest BCUT2D eigenvalue weighted by atomic mass is 10.2. The fourth-order valence-electron chi connectivity index (χ4n) is 1.66. The zero-order valence-corrected chi connectivity index (χ0v) is 11.0. The van der Waals surface area contributed by atoms with E-state index >= 15 is 0 Å². The van der Waals surface area contributed by atoms with E-state index in [0.717, 1.165) is 15.4 Å². The summed E-state index contributed by atoms with van der Waals surface area (Å²) >= 11 is 4.76. The van der Waals surface area contributed by atoms with Crippen molar-refractivity contribution in [3.8, 4) is 0 Å². The van der Waals surface area contributed by atoms with Gasteiger partial charge in [0.25, 0.3) is 0 Å². The molecule has 0 saturated carbocycles. The minimum absolute atomic E-state index is 0.0805. The van der Waals surface area contributed by atoms with E-state index in [-0.39, 0.29) is 5.78 Å². The zero-order chi connectivity index (χ0) is 11.8. The number of para-hydroxylation sites is 1. The van der Waals surface area contributed by atoms with Crippen molar-refractivity contribution in [3.63, 3.8) is 0 Å². The number of thiophene rings is 1. The maximum absolute atomic E-state index is 12.2. The van der Waals surface area contributed by atoms with Gasteiger partial charge in [0.15, 0.2) is 5.76 Å². The van der Waals surface area contributed by atoms with Gasteiger partial charge in [0.1, 0.15) is 5.58 Å². The van der Waals surface area contributed by atoms with Crippen molar-refractivity contribution in [2.75, 3.05) is 0 Å². The predicted molar refractivity (Wildman–Crippen MR) is 71.7 cm³/mol. The van der Waals surface area contributed by atoms with Crippen molar-refractivity contribution in [2.24, 2.45) is 0 Å². The minimum Gasteiger partial charge on any atom is -0.453 e. The molecule has 0 fully saturated rings. The Morgan fingerprint density at radius 3 is 2.76 bits per heavy atom. The van der Waals surface area contributed by atoms with Crippen LogP contribution in [0.25, 0.3) is 11.0 Å². The van der Waals surface area contributed by atoms with E-state index in [9.17, 15) is 4.79 Å². The molecule has 0 saturated heterocycles. The number of halogens is 1. The molecular formula is C13H7BrO2S. The molecular weight excluding hydrogens is 300 g/mol. The topological polar surface area (TPSA) is 30.2 Å². The highest BCUT2D eigenvalue weighted by molar-refractivity contribution is 9.10. The molecule has 2 heterocycles. The normalized spacial score (nSPS) is 10.9. The van der Waals surface area contributed by atoms with E-state index in [1.165, 1.54) is 11.3 Å². The van der Waals surface area contributed by atoms with E-state index in [2.05, 4.69) is 15.9 Å². The summed E-state index contributed by atoms with van der Waals surface area (Å²) in [4.78, 5) is 12.9. The smallest absolute Gasteiger partial charge is 0.239 e. The van der Waals surface area contributed by atoms with Gasteiger partial charge < -0.3 is 4.42 Å². The van der Waals surface area contributed by atoms with Crippen LogP contribution >= 0.6 is 27.3 Å². The lowest BCUT2D eigenvalue weighted by Crippen LogP contribution is -1.96. The van der Waals surface area contributed by atoms with Gasteiger partial charge in [-0.05, 0) is 39.5 Å². The molecule has 0 aliphatic heterocycles. The number of carbonyl (C=O) groups excluding carboxylic acids is 1. The molecule has 0 aliphatic rings. The summed E-state index contributed by atoms with van der Waals surface area (Å²) < 4.78 is 6.36. The van der Waals surface area contributed by atoms with Crippen LogP contribution in [0.3, 0.4) is 0 Å². The molecule has 0 aliphatic carbocycles. The van der Waals surface area contributed by atoms with Crippen LogP contribution in [0.4, 0.5) is 0 Å². The van der Waals surface area contributed by atoms with Crippen LogP contribution in [0, 0.1) is 0 Å². The monoisotopic (exact) mass is 306 g/mol. The number of ketones is 1. The molecule has 0 radical (unpaired) electrons. The number of benzene rings is 1. The molecule has 84 valence electrons. The van der Waals surface area contributed by atoms with Gasteiger partial charge in [-0.25, -0.2) is 0 Å². The Labute approximate surface area is 110 Å². The molecule has 3 aromatic rings. The Kier molecular flexibility index (Phi) is 2.61. The molecule has 4 heteroatoms. The molecule has 2 aromatic heterocycles. The van der Waals surface area contributed by atoms with Crippen LogP contribution in [0.2, 0.25) is 0 Å². The SMILES string of the molecule is O=C(c1cc2ccccc2o1)c1sccc1Br. The number of hydrogen-bond donors (Lipinski definition) is 0. The maximum Gasteiger partial charge on any atom is 0.239 e. The van der Waals surface area contributed by atoms with Gasteiger partial charge in [-0.3, -0.25) is 4.79 Å². The molecule has 0 spiro atoms. The van der Waals surface area contributed by atoms with Crippen LogP contribution in [0.1, 0.15) is 15.4 Å². The molecule has 2 nitrogen and oxygen atoms in total. The van der Waals surface area contributed by atoms with Crippen molar-refractivity contribution < 1.29 is 9.21 Å². The Morgan fingerprint density at radius 1 is 1.24 bits per heavy atom. The van der Waals surface area contributed by atoms with E-state index < -0.39 is 0 Å². The van der Waals surface area contributed by atoms with Gasteiger partial charge >= 0.3 is 0 Å². The molecule has 0 N–H and O–H groups in total. The van der Waals surface area contributed by atoms with Crippen LogP contribution < -0.4 is 0 Å². The first-order valence-corrected chi connectivity index (χ1v) is 6.69. The van der Waals surface area contributed by atoms with Crippen molar-refractivity contribution in [3.05, 3.63) is 56.9 Å². The second kappa shape index (κ2) is 4.13. The first-order valence-electron chi connectivity index (χ1n) is 5.02. The van der Waals surface area contributed by atoms with Crippen molar-refractivity contribution in [1.82, 2.24) is 0 Å². The summed E-state index contributed by atoms with van der Waals surface area (Å²) in [6, 6.07) is 11.2. The van der Waals surface area contributed by atoms with E-state index in [0.29, 0.717) is 10.6 Å². The summed E-state index contributed by atoms with van der Waals surface area (Å²) in [7, 11) is 0. The van der Waals surface area contributed by atoms with E-state index in [1.807, 2.05) is 35.7 Å². The quantitative estimate of drug-likeness (QED) is 0.653. The number of furan rings is 1. The van der Waals surface area contributed by atoms with E-state index in [1.54, 1.807) is 6.07 Å². The first kappa shape index (κ1) is 10.7. The van der Waals surface area contributed by atoms with Crippen molar-refractivity contribution in [2.45, 2.75) is 0 Å². The Balaban J connectivity index is 2.10. The zero-order valence-electron chi connectivity index (χ0n) is 8.64. The Bertz CT molecular complexity index is 663. The van der Waals surface area contributed by atoms with Crippen LogP contribution in [-0.2, 0) is 0 Å². The highest BCUT2D eigenvalue weighted by atomic mass is 79.9. The second-order valence-corrected chi connectivity index (χ2v) is 5.35. The fourth-order valence-corrected chi connectivity index (χ4v) is 3.16. The van der Waals surface area contributed by atoms with Gasteiger partial charge in [-0.15, -0.1) is 11.3 Å². The third-order valence-corrected chi connectivity index (χ3v) is 4.31. The average molecular weight is 307 g/mol. The molecule has 17 heavy (non-hydrogen) atoms. The summed E-state index contributed by atoms with van der Waals surface area (Å²) in [6.07, 6.45) is 0. The number of rotatable bonds is 2. The largest absolute Gasteiger partial charge is 0.453 e. The lowest BCUT2D eigenvalue weighted by Gasteiger charge is -1.93. The van der Waals surface area contributed by atoms with Gasteiger partial charge in [0.05, 0.1) is 4.88 Å². The minimum atomic E-state index is -0.0805. The predicted octanol–water partition coefficient (Wildman–Crippen LogP) is 4.49. The summed E-state index contributed by atoms with van der Waals surface area (Å²) in [6.45, 7) is 0. The Morgan fingerprint density at radius 2 is 2.06 bits per heavy atom. The third-order valence-electron chi connectivity index (χ3n) is 2.47. The van der Waals surface area contributed by atoms with Gasteiger partial charge in [0, 0.05) is 9.86 Å². The molecule has 0 atom stereocenters. The fraction of sp³-hybridized carbons (Fsp3) is 0. The number of carbonyl (C=O) groups is 1. The van der Waals surface area contributed by atoms with Gasteiger partial charge in [0.2, 0.25) is 5.78 Å². The molecule has 3 rings (SSSR count). The van der Waals surface area contributed by atoms with Gasteiger partial charge in [-0.2, -0.15) is 0 Å². The molecule has 0 amide bonds. The van der Waals surface area contributed by atoms with Crippen LogP contribution in [0.5, 0.6) is 0 Å². The number of hydrogen-bond acceptors (Lipinski definition) is 3. The highest BCUT2D eigenvalue weighted by Gasteiger charge is 2.18. The molecule has 0 bridgehead atoms. The average Bonchev–Trinajstić information content (AvgIpc) is 2.93. The lowest BCUT2D eigenvalue weighted by molar-refractivity contribution is 0.101. The standard InChI is InChI=1S/C13H7BrO2S/c14-9-5-6-17-13(9)12(15)11-7-8-3-1-2-4-10(8)16-11/h1-7H. The highest BCUT2D eigenvalue weighted by Crippen LogP contribution is 2.28. The summed E-state index contributed by atoms with van der Waals surface area (Å²) in [5.74, 6) is 0.303. The summed E-state index contributed by atoms with van der Waals surface area (Å²) in [5, 5.41) is 2.82. The van der Waals surface area contributed by atoms with Crippen molar-refractivity contribution >= 4 is 44.0 Å². The van der Waals surface area contributed by atoms with Crippen LogP contribution in [-0.4, -0.2) is 5.78 Å². The first-order chi connectivity index (χ1) is 8.25. The van der Waals surface area contributed by atoms with E-state index in [4.69, 9.17) is 4.42 Å². The third kappa shape index (κ3) is 1.83. The second-order valence-electron chi connectivity index (χ2n) is 3.58. The van der Waals surface area contributed by atoms with Crippen LogP contribution in [0.15, 0.2) is 50.7 Å². The number of fused-ring (bicyclic) bond motifs is 1. The van der Waals surface area contributed by atoms with Crippen molar-refractivity contribution in [1.29, 1.82) is 0 Å². The van der Waals surface area contributed by atoms with Gasteiger partial charge in [-0.1, -0.05) is 18.2 Å². The Hall–Kier alpha value is -1.39. The summed E-state index contributed by atoms with van der Waals surface area (Å²) in [5.41, 5.74) is 0.739. The molecule has 0 unspecified atom stereocenters. The maximum atomic E-state index is 12.2.